The number of nitrogens with zero attached hydrogens (tertiary/aromatic N) is 1. The van der Waals surface area contributed by atoms with Gasteiger partial charge >= 0.3 is 12.0 Å². The molecule has 18 heavy (non-hydrogen) atoms. The van der Waals surface area contributed by atoms with Crippen LogP contribution in [0, 0.1) is 17.0 Å². The summed E-state index contributed by atoms with van der Waals surface area (Å²) in [5.74, 6) is -1.16. The molecule has 1 aromatic carbocycles. The summed E-state index contributed by atoms with van der Waals surface area (Å²) < 4.78 is 0. The lowest BCUT2D eigenvalue weighted by atomic mass is 10.2. The van der Waals surface area contributed by atoms with E-state index < -0.39 is 23.5 Å². The van der Waals surface area contributed by atoms with E-state index in [2.05, 4.69) is 10.6 Å². The number of carbonyl (C=O) groups is 2. The summed E-state index contributed by atoms with van der Waals surface area (Å²) in [6.07, 6.45) is 0. The number of hydrogen-bond donors (Lipinski definition) is 3. The van der Waals surface area contributed by atoms with E-state index in [9.17, 15) is 19.7 Å². The van der Waals surface area contributed by atoms with Crippen LogP contribution in [0.15, 0.2) is 18.2 Å². The SMILES string of the molecule is Cc1cc([N+](=O)[O-])ccc1NC(=O)NCC(=O)O. The Bertz CT molecular complexity index is 500. The molecule has 0 saturated heterocycles. The Morgan fingerprint density at radius 3 is 2.61 bits per heavy atom. The number of non-ortho nitro benzene ring substituents is 1. The third kappa shape index (κ3) is 3.74. The molecule has 0 radical (unpaired) electrons. The normalized spacial score (nSPS) is 9.61. The summed E-state index contributed by atoms with van der Waals surface area (Å²) in [5, 5.41) is 23.4. The molecule has 3 N–H and O–H groups in total. The molecule has 0 fully saturated rings. The molecule has 0 unspecified atom stereocenters. The van der Waals surface area contributed by atoms with Crippen LogP contribution < -0.4 is 10.6 Å². The van der Waals surface area contributed by atoms with Gasteiger partial charge in [0.1, 0.15) is 6.54 Å². The summed E-state index contributed by atoms with van der Waals surface area (Å²) in [7, 11) is 0. The predicted molar refractivity (Wildman–Crippen MR) is 62.5 cm³/mol. The van der Waals surface area contributed by atoms with Crippen LogP contribution in [-0.2, 0) is 4.79 Å². The molecule has 0 atom stereocenters. The van der Waals surface area contributed by atoms with Crippen molar-refractivity contribution in [2.75, 3.05) is 11.9 Å². The van der Waals surface area contributed by atoms with Crippen molar-refractivity contribution in [2.24, 2.45) is 0 Å². The number of carboxylic acids is 1. The molecule has 8 heteroatoms. The topological polar surface area (TPSA) is 122 Å². The fourth-order valence-corrected chi connectivity index (χ4v) is 1.22. The van der Waals surface area contributed by atoms with Gasteiger partial charge in [-0.1, -0.05) is 0 Å². The highest BCUT2D eigenvalue weighted by molar-refractivity contribution is 5.92. The third-order valence-corrected chi connectivity index (χ3v) is 2.07. The number of urea groups is 1. The molecule has 0 aliphatic rings. The monoisotopic (exact) mass is 253 g/mol. The van der Waals surface area contributed by atoms with E-state index in [-0.39, 0.29) is 5.69 Å². The van der Waals surface area contributed by atoms with Crippen molar-refractivity contribution in [1.82, 2.24) is 5.32 Å². The molecule has 8 nitrogen and oxygen atoms in total. The summed E-state index contributed by atoms with van der Waals surface area (Å²) >= 11 is 0. The first kappa shape index (κ1) is 13.4. The van der Waals surface area contributed by atoms with Gasteiger partial charge in [-0.05, 0) is 18.6 Å². The fourth-order valence-electron chi connectivity index (χ4n) is 1.22. The summed E-state index contributed by atoms with van der Waals surface area (Å²) in [5.41, 5.74) is 0.808. The molecule has 2 amide bonds. The van der Waals surface area contributed by atoms with Gasteiger partial charge in [0.05, 0.1) is 4.92 Å². The van der Waals surface area contributed by atoms with Gasteiger partial charge in [-0.25, -0.2) is 4.79 Å². The molecule has 0 heterocycles. The number of nitro groups is 1. The van der Waals surface area contributed by atoms with Crippen molar-refractivity contribution in [2.45, 2.75) is 6.92 Å². The van der Waals surface area contributed by atoms with Gasteiger partial charge in [-0.15, -0.1) is 0 Å². The standard InChI is InChI=1S/C10H11N3O5/c1-6-4-7(13(17)18)2-3-8(6)12-10(16)11-5-9(14)15/h2-4H,5H2,1H3,(H,14,15)(H2,11,12,16). The van der Waals surface area contributed by atoms with Gasteiger partial charge in [0.15, 0.2) is 0 Å². The second-order valence-corrected chi connectivity index (χ2v) is 3.46. The van der Waals surface area contributed by atoms with Crippen LogP contribution in [0.5, 0.6) is 0 Å². The van der Waals surface area contributed by atoms with E-state index in [0.717, 1.165) is 0 Å². The first-order valence-electron chi connectivity index (χ1n) is 4.92. The van der Waals surface area contributed by atoms with Gasteiger partial charge in [-0.3, -0.25) is 14.9 Å². The van der Waals surface area contributed by atoms with Gasteiger partial charge in [0, 0.05) is 17.8 Å². The Hall–Kier alpha value is -2.64. The molecule has 0 saturated carbocycles. The van der Waals surface area contributed by atoms with E-state index in [0.29, 0.717) is 11.3 Å². The zero-order valence-corrected chi connectivity index (χ0v) is 9.47. The highest BCUT2D eigenvalue weighted by Crippen LogP contribution is 2.20. The Morgan fingerprint density at radius 2 is 2.11 bits per heavy atom. The van der Waals surface area contributed by atoms with Crippen molar-refractivity contribution in [3.63, 3.8) is 0 Å². The highest BCUT2D eigenvalue weighted by Gasteiger charge is 2.10. The van der Waals surface area contributed by atoms with E-state index in [1.807, 2.05) is 0 Å². The molecule has 1 rings (SSSR count). The summed E-state index contributed by atoms with van der Waals surface area (Å²) in [6, 6.07) is 3.26. The molecule has 1 aromatic rings. The van der Waals surface area contributed by atoms with Gasteiger partial charge in [0.25, 0.3) is 5.69 Å². The van der Waals surface area contributed by atoms with Crippen molar-refractivity contribution in [3.05, 3.63) is 33.9 Å². The Balaban J connectivity index is 2.70. The maximum absolute atomic E-state index is 11.3. The van der Waals surface area contributed by atoms with Crippen LogP contribution in [0.3, 0.4) is 0 Å². The first-order chi connectivity index (χ1) is 8.40. The zero-order chi connectivity index (χ0) is 13.7. The van der Waals surface area contributed by atoms with Crippen LogP contribution in [0.4, 0.5) is 16.2 Å². The number of benzene rings is 1. The largest absolute Gasteiger partial charge is 0.480 e. The minimum atomic E-state index is -1.16. The Morgan fingerprint density at radius 1 is 1.44 bits per heavy atom. The molecule has 0 spiro atoms. The van der Waals surface area contributed by atoms with E-state index in [1.54, 1.807) is 6.92 Å². The smallest absolute Gasteiger partial charge is 0.323 e. The number of nitrogens with one attached hydrogen (secondary N) is 2. The van der Waals surface area contributed by atoms with Crippen LogP contribution in [0.2, 0.25) is 0 Å². The number of hydrogen-bond acceptors (Lipinski definition) is 4. The molecule has 96 valence electrons. The number of carbonyl (C=O) groups excluding carboxylic acids is 1. The molecule has 0 aliphatic carbocycles. The van der Waals surface area contributed by atoms with Crippen LogP contribution >= 0.6 is 0 Å². The number of aryl methyl sites for hydroxylation is 1. The maximum Gasteiger partial charge on any atom is 0.323 e. The average molecular weight is 253 g/mol. The maximum atomic E-state index is 11.3. The van der Waals surface area contributed by atoms with Crippen LogP contribution in [-0.4, -0.2) is 28.6 Å². The number of nitro benzene ring substituents is 1. The molecular weight excluding hydrogens is 242 g/mol. The van der Waals surface area contributed by atoms with Gasteiger partial charge < -0.3 is 15.7 Å². The Labute approximate surface area is 102 Å². The van der Waals surface area contributed by atoms with Gasteiger partial charge in [0.2, 0.25) is 0 Å². The second kappa shape index (κ2) is 5.62. The number of anilines is 1. The van der Waals surface area contributed by atoms with E-state index in [4.69, 9.17) is 5.11 Å². The quantitative estimate of drug-likeness (QED) is 0.548. The number of rotatable bonds is 4. The molecule has 0 aliphatic heterocycles. The van der Waals surface area contributed by atoms with Crippen molar-refractivity contribution >= 4 is 23.4 Å². The van der Waals surface area contributed by atoms with E-state index >= 15 is 0 Å². The number of aliphatic carboxylic acids is 1. The number of amides is 2. The van der Waals surface area contributed by atoms with Crippen LogP contribution in [0.25, 0.3) is 0 Å². The minimum absolute atomic E-state index is 0.0796. The number of carboxylic acid groups (broad SMARTS) is 1. The zero-order valence-electron chi connectivity index (χ0n) is 9.47. The van der Waals surface area contributed by atoms with Crippen molar-refractivity contribution in [1.29, 1.82) is 0 Å². The molecule has 0 aromatic heterocycles. The lowest BCUT2D eigenvalue weighted by Crippen LogP contribution is -2.33. The van der Waals surface area contributed by atoms with Gasteiger partial charge in [-0.2, -0.15) is 0 Å². The minimum Gasteiger partial charge on any atom is -0.480 e. The summed E-state index contributed by atoms with van der Waals surface area (Å²) in [4.78, 5) is 31.5. The summed E-state index contributed by atoms with van der Waals surface area (Å²) in [6.45, 7) is 1.09. The fraction of sp³-hybridized carbons (Fsp3) is 0.200. The van der Waals surface area contributed by atoms with Crippen molar-refractivity contribution in [3.8, 4) is 0 Å². The Kier molecular flexibility index (Phi) is 4.19. The lowest BCUT2D eigenvalue weighted by molar-refractivity contribution is -0.384. The first-order valence-corrected chi connectivity index (χ1v) is 4.92. The predicted octanol–water partition coefficient (Wildman–Crippen LogP) is 1.11. The molecule has 0 bridgehead atoms. The molecular formula is C10H11N3O5. The lowest BCUT2D eigenvalue weighted by Gasteiger charge is -2.08. The second-order valence-electron chi connectivity index (χ2n) is 3.46. The van der Waals surface area contributed by atoms with Crippen LogP contribution in [0.1, 0.15) is 5.56 Å². The van der Waals surface area contributed by atoms with Crippen molar-refractivity contribution < 1.29 is 19.6 Å². The highest BCUT2D eigenvalue weighted by atomic mass is 16.6. The average Bonchev–Trinajstić information content (AvgIpc) is 2.29. The third-order valence-electron chi connectivity index (χ3n) is 2.07. The van der Waals surface area contributed by atoms with E-state index in [1.165, 1.54) is 18.2 Å².